The van der Waals surface area contributed by atoms with Gasteiger partial charge in [-0.25, -0.2) is 4.98 Å². The molecule has 7 rings (SSSR count). The number of imidazole rings is 1. The number of aromatic nitrogens is 2. The maximum atomic E-state index is 5.26. The van der Waals surface area contributed by atoms with E-state index in [9.17, 15) is 0 Å². The molecule has 182 valence electrons. The van der Waals surface area contributed by atoms with E-state index in [2.05, 4.69) is 136 Å². The largest absolute Gasteiger partial charge is 0.311 e. The number of nitrogens with zero attached hydrogens (tertiary/aromatic N) is 3. The Bertz CT molecular complexity index is 1700. The van der Waals surface area contributed by atoms with E-state index in [1.807, 2.05) is 0 Å². The van der Waals surface area contributed by atoms with Gasteiger partial charge in [0.2, 0.25) is 0 Å². The Hall–Kier alpha value is -3.79. The minimum absolute atomic E-state index is 0.0128. The summed E-state index contributed by atoms with van der Waals surface area (Å²) in [6, 6.07) is 31.3. The van der Waals surface area contributed by atoms with E-state index in [0.29, 0.717) is 0 Å². The molecule has 4 heteroatoms. The predicted octanol–water partition coefficient (Wildman–Crippen LogP) is 6.23. The maximum absolute atomic E-state index is 5.26. The molecule has 0 spiro atoms. The second kappa shape index (κ2) is 7.38. The summed E-state index contributed by atoms with van der Waals surface area (Å²) in [5.74, 6) is 0. The highest BCUT2D eigenvalue weighted by Crippen LogP contribution is 2.42. The van der Waals surface area contributed by atoms with Gasteiger partial charge in [-0.15, -0.1) is 0 Å². The van der Waals surface area contributed by atoms with Crippen molar-refractivity contribution in [2.24, 2.45) is 0 Å². The van der Waals surface area contributed by atoms with Crippen LogP contribution >= 0.6 is 0 Å². The van der Waals surface area contributed by atoms with Crippen LogP contribution in [0, 0.1) is 0 Å². The number of rotatable bonds is 1. The Morgan fingerprint density at radius 2 is 1.32 bits per heavy atom. The molecule has 4 aromatic carbocycles. The van der Waals surface area contributed by atoms with Crippen LogP contribution in [-0.4, -0.2) is 16.3 Å². The van der Waals surface area contributed by atoms with Crippen LogP contribution in [0.3, 0.4) is 0 Å². The average molecular weight is 481 g/mol. The monoisotopic (exact) mass is 481 g/mol. The molecule has 0 unspecified atom stereocenters. The molecule has 0 fully saturated rings. The zero-order valence-electron chi connectivity index (χ0n) is 22.5. The summed E-state index contributed by atoms with van der Waals surface area (Å²) in [7, 11) is 0. The van der Waals surface area contributed by atoms with Crippen LogP contribution in [0.5, 0.6) is 0 Å². The number of hydrogen-bond donors (Lipinski definition) is 0. The molecule has 0 saturated heterocycles. The third-order valence-corrected chi connectivity index (χ3v) is 8.08. The van der Waals surface area contributed by atoms with Gasteiger partial charge in [0.05, 0.1) is 16.8 Å². The summed E-state index contributed by atoms with van der Waals surface area (Å²) in [5, 5.41) is 0. The molecule has 2 aliphatic heterocycles. The Kier molecular flexibility index (Phi) is 4.47. The number of fused-ring (bicyclic) bond motifs is 7. The zero-order chi connectivity index (χ0) is 25.7. The predicted molar refractivity (Wildman–Crippen MR) is 158 cm³/mol. The van der Waals surface area contributed by atoms with E-state index < -0.39 is 0 Å². The van der Waals surface area contributed by atoms with Crippen LogP contribution in [0.15, 0.2) is 84.9 Å². The first-order valence-corrected chi connectivity index (χ1v) is 13.3. The van der Waals surface area contributed by atoms with Gasteiger partial charge in [0.1, 0.15) is 0 Å². The topological polar surface area (TPSA) is 21.1 Å². The first kappa shape index (κ1) is 22.4. The molecule has 3 nitrogen and oxygen atoms in total. The summed E-state index contributed by atoms with van der Waals surface area (Å²) in [6.07, 6.45) is 0. The zero-order valence-corrected chi connectivity index (χ0v) is 22.5. The van der Waals surface area contributed by atoms with Gasteiger partial charge in [-0.1, -0.05) is 84.0 Å². The molecule has 0 saturated carbocycles. The van der Waals surface area contributed by atoms with Gasteiger partial charge in [-0.2, -0.15) is 0 Å². The Balaban J connectivity index is 1.63. The highest BCUT2D eigenvalue weighted by molar-refractivity contribution is 6.99. The highest BCUT2D eigenvalue weighted by Gasteiger charge is 2.46. The van der Waals surface area contributed by atoms with Crippen LogP contribution in [0.1, 0.15) is 52.7 Å². The summed E-state index contributed by atoms with van der Waals surface area (Å²) < 4.78 is 2.43. The number of anilines is 3. The van der Waals surface area contributed by atoms with E-state index in [1.54, 1.807) is 0 Å². The van der Waals surface area contributed by atoms with Crippen LogP contribution in [-0.2, 0) is 10.8 Å². The highest BCUT2D eigenvalue weighted by atomic mass is 15.2. The van der Waals surface area contributed by atoms with Gasteiger partial charge in [-0.05, 0) is 75.3 Å². The molecule has 2 aliphatic rings. The standard InChI is InChI=1S/C33H32BN3/c1-32(2,3)21-16-17-26-24(18-21)34-30-28(36(26)23-12-8-7-9-13-23)19-22(33(4,5)6)20-29(30)37-27-15-11-10-14-25(27)35-31(34)37/h7-20H,1-6H3. The lowest BCUT2D eigenvalue weighted by molar-refractivity contribution is 0.590. The molecular formula is C33H32BN3. The number of hydrogen-bond acceptors (Lipinski definition) is 2. The molecule has 1 aromatic heterocycles. The van der Waals surface area contributed by atoms with Gasteiger partial charge in [0.25, 0.3) is 6.71 Å². The second-order valence-electron chi connectivity index (χ2n) is 12.6. The fraction of sp³-hybridized carbons (Fsp3) is 0.242. The van der Waals surface area contributed by atoms with E-state index in [0.717, 1.165) is 11.2 Å². The number of para-hydroxylation sites is 3. The minimum Gasteiger partial charge on any atom is -0.311 e. The first-order chi connectivity index (χ1) is 17.6. The molecule has 37 heavy (non-hydrogen) atoms. The SMILES string of the molecule is CC(C)(C)c1ccc2c(c1)B1c3c(cc(C(C)(C)C)cc3-n3c1nc1ccccc13)N2c1ccccc1. The Morgan fingerprint density at radius 3 is 2.05 bits per heavy atom. The normalized spacial score (nSPS) is 14.1. The lowest BCUT2D eigenvalue weighted by Gasteiger charge is -2.37. The molecule has 0 amide bonds. The van der Waals surface area contributed by atoms with Crippen LogP contribution in [0.25, 0.3) is 16.7 Å². The van der Waals surface area contributed by atoms with Crippen molar-refractivity contribution in [2.45, 2.75) is 52.4 Å². The fourth-order valence-electron chi connectivity index (χ4n) is 6.08. The smallest absolute Gasteiger partial charge is 0.294 e. The fourth-order valence-corrected chi connectivity index (χ4v) is 6.08. The summed E-state index contributed by atoms with van der Waals surface area (Å²) in [4.78, 5) is 7.73. The molecule has 0 radical (unpaired) electrons. The van der Waals surface area contributed by atoms with Crippen molar-refractivity contribution in [2.75, 3.05) is 4.90 Å². The van der Waals surface area contributed by atoms with E-state index in [4.69, 9.17) is 4.98 Å². The van der Waals surface area contributed by atoms with Crippen molar-refractivity contribution in [3.05, 3.63) is 96.1 Å². The molecule has 0 atom stereocenters. The molecule has 0 N–H and O–H groups in total. The van der Waals surface area contributed by atoms with Gasteiger partial charge in [-0.3, -0.25) is 0 Å². The van der Waals surface area contributed by atoms with Crippen LogP contribution < -0.4 is 21.5 Å². The van der Waals surface area contributed by atoms with Crippen molar-refractivity contribution in [1.82, 2.24) is 9.55 Å². The third kappa shape index (κ3) is 3.18. The third-order valence-electron chi connectivity index (χ3n) is 8.08. The summed E-state index contributed by atoms with van der Waals surface area (Å²) in [6.45, 7) is 13.9. The molecule has 5 aromatic rings. The van der Waals surface area contributed by atoms with Gasteiger partial charge >= 0.3 is 0 Å². The Labute approximate surface area is 219 Å². The lowest BCUT2D eigenvalue weighted by Crippen LogP contribution is -2.56. The summed E-state index contributed by atoms with van der Waals surface area (Å²) >= 11 is 0. The minimum atomic E-state index is 0.0128. The van der Waals surface area contributed by atoms with Crippen molar-refractivity contribution in [1.29, 1.82) is 0 Å². The van der Waals surface area contributed by atoms with E-state index >= 15 is 0 Å². The lowest BCUT2D eigenvalue weighted by atomic mass is 9.38. The van der Waals surface area contributed by atoms with Gasteiger partial charge < -0.3 is 9.47 Å². The average Bonchev–Trinajstić information content (AvgIpc) is 3.39. The quantitative estimate of drug-likeness (QED) is 0.259. The first-order valence-electron chi connectivity index (χ1n) is 13.3. The summed E-state index contributed by atoms with van der Waals surface area (Å²) in [5.41, 5.74) is 13.8. The molecular weight excluding hydrogens is 449 g/mol. The van der Waals surface area contributed by atoms with Crippen molar-refractivity contribution >= 4 is 51.5 Å². The second-order valence-corrected chi connectivity index (χ2v) is 12.6. The van der Waals surface area contributed by atoms with Crippen molar-refractivity contribution in [3.8, 4) is 5.69 Å². The molecule has 0 aliphatic carbocycles. The van der Waals surface area contributed by atoms with Gasteiger partial charge in [0, 0.05) is 22.7 Å². The Morgan fingerprint density at radius 1 is 0.649 bits per heavy atom. The van der Waals surface area contributed by atoms with Gasteiger partial charge in [0.15, 0.2) is 0 Å². The van der Waals surface area contributed by atoms with Crippen molar-refractivity contribution in [3.63, 3.8) is 0 Å². The molecule has 0 bridgehead atoms. The maximum Gasteiger partial charge on any atom is 0.294 e. The number of benzene rings is 4. The van der Waals surface area contributed by atoms with Crippen LogP contribution in [0.2, 0.25) is 0 Å². The van der Waals surface area contributed by atoms with Crippen LogP contribution in [0.4, 0.5) is 17.1 Å². The van der Waals surface area contributed by atoms with Crippen molar-refractivity contribution < 1.29 is 0 Å². The molecule has 3 heterocycles. The van der Waals surface area contributed by atoms with E-state index in [1.165, 1.54) is 50.3 Å². The van der Waals surface area contributed by atoms with E-state index in [-0.39, 0.29) is 17.5 Å².